The minimum Gasteiger partial charge on any atom is -0.344 e. The Hall–Kier alpha value is -2.31. The molecule has 0 aliphatic carbocycles. The highest BCUT2D eigenvalue weighted by atomic mass is 28.3. The Balaban J connectivity index is 2.17. The summed E-state index contributed by atoms with van der Waals surface area (Å²) in [4.78, 5) is 13.7. The van der Waals surface area contributed by atoms with Gasteiger partial charge in [0.2, 0.25) is 0 Å². The SMILES string of the molecule is CCCCN1/C(=C\C=O)C(C)(C)c2c1ccc1cc(C#C[Si](C)(C)C)ccc21. The molecule has 0 amide bonds. The van der Waals surface area contributed by atoms with Gasteiger partial charge in [-0.2, -0.15) is 0 Å². The third kappa shape index (κ3) is 3.79. The third-order valence-corrected chi connectivity index (χ3v) is 6.26. The van der Waals surface area contributed by atoms with Crippen LogP contribution in [0.4, 0.5) is 5.69 Å². The molecule has 0 spiro atoms. The predicted molar refractivity (Wildman–Crippen MR) is 124 cm³/mol. The molecule has 0 saturated heterocycles. The summed E-state index contributed by atoms with van der Waals surface area (Å²) in [6, 6.07) is 11.0. The summed E-state index contributed by atoms with van der Waals surface area (Å²) < 4.78 is 0. The first-order valence-corrected chi connectivity index (χ1v) is 13.7. The Morgan fingerprint density at radius 2 is 1.89 bits per heavy atom. The lowest BCUT2D eigenvalue weighted by molar-refractivity contribution is -0.104. The van der Waals surface area contributed by atoms with Gasteiger partial charge in [0.1, 0.15) is 14.4 Å². The summed E-state index contributed by atoms with van der Waals surface area (Å²) in [7, 11) is -1.40. The maximum Gasteiger partial charge on any atom is 0.144 e. The minimum absolute atomic E-state index is 0.199. The van der Waals surface area contributed by atoms with Gasteiger partial charge in [-0.3, -0.25) is 4.79 Å². The van der Waals surface area contributed by atoms with Crippen molar-refractivity contribution in [2.75, 3.05) is 11.4 Å². The lowest BCUT2D eigenvalue weighted by atomic mass is 9.81. The van der Waals surface area contributed by atoms with Crippen molar-refractivity contribution >= 4 is 30.8 Å². The Morgan fingerprint density at radius 1 is 1.14 bits per heavy atom. The molecule has 1 heterocycles. The van der Waals surface area contributed by atoms with Gasteiger partial charge >= 0.3 is 0 Å². The zero-order valence-corrected chi connectivity index (χ0v) is 19.0. The molecule has 1 aliphatic rings. The zero-order valence-electron chi connectivity index (χ0n) is 18.0. The molecule has 0 unspecified atom stereocenters. The van der Waals surface area contributed by atoms with Crippen molar-refractivity contribution in [3.05, 3.63) is 53.2 Å². The maximum absolute atomic E-state index is 11.4. The van der Waals surface area contributed by atoms with Crippen LogP contribution in [-0.4, -0.2) is 20.9 Å². The van der Waals surface area contributed by atoms with Crippen LogP contribution in [-0.2, 0) is 10.2 Å². The van der Waals surface area contributed by atoms with E-state index in [1.54, 1.807) is 6.08 Å². The van der Waals surface area contributed by atoms with E-state index < -0.39 is 8.07 Å². The van der Waals surface area contributed by atoms with E-state index in [-0.39, 0.29) is 5.41 Å². The highest BCUT2D eigenvalue weighted by molar-refractivity contribution is 6.83. The number of hydrogen-bond acceptors (Lipinski definition) is 2. The van der Waals surface area contributed by atoms with E-state index in [1.807, 2.05) is 0 Å². The lowest BCUT2D eigenvalue weighted by Crippen LogP contribution is -2.27. The van der Waals surface area contributed by atoms with Gasteiger partial charge < -0.3 is 4.90 Å². The molecule has 0 aromatic heterocycles. The molecular formula is C25H31NOSi. The molecule has 0 bridgehead atoms. The Morgan fingerprint density at radius 3 is 2.54 bits per heavy atom. The lowest BCUT2D eigenvalue weighted by Gasteiger charge is -2.26. The van der Waals surface area contributed by atoms with Gasteiger partial charge in [-0.15, -0.1) is 5.54 Å². The van der Waals surface area contributed by atoms with Crippen LogP contribution in [0.1, 0.15) is 44.7 Å². The van der Waals surface area contributed by atoms with E-state index in [0.717, 1.165) is 36.9 Å². The van der Waals surface area contributed by atoms with E-state index in [2.05, 4.69) is 87.1 Å². The second-order valence-electron chi connectivity index (χ2n) is 9.21. The van der Waals surface area contributed by atoms with E-state index in [9.17, 15) is 4.79 Å². The molecule has 0 fully saturated rings. The molecule has 2 aromatic carbocycles. The largest absolute Gasteiger partial charge is 0.344 e. The van der Waals surface area contributed by atoms with E-state index in [0.29, 0.717) is 0 Å². The number of hydrogen-bond donors (Lipinski definition) is 0. The molecule has 146 valence electrons. The average molecular weight is 390 g/mol. The van der Waals surface area contributed by atoms with Gasteiger partial charge in [-0.1, -0.05) is 64.9 Å². The summed E-state index contributed by atoms with van der Waals surface area (Å²) >= 11 is 0. The van der Waals surface area contributed by atoms with Crippen molar-refractivity contribution in [1.29, 1.82) is 0 Å². The molecule has 0 saturated carbocycles. The van der Waals surface area contributed by atoms with E-state index in [4.69, 9.17) is 0 Å². The van der Waals surface area contributed by atoms with E-state index >= 15 is 0 Å². The van der Waals surface area contributed by atoms with Gasteiger partial charge in [0, 0.05) is 28.9 Å². The highest BCUT2D eigenvalue weighted by Gasteiger charge is 2.40. The average Bonchev–Trinajstić information content (AvgIpc) is 2.85. The molecule has 1 aliphatic heterocycles. The minimum atomic E-state index is -1.40. The molecule has 28 heavy (non-hydrogen) atoms. The van der Waals surface area contributed by atoms with Crippen molar-refractivity contribution < 1.29 is 4.79 Å². The summed E-state index contributed by atoms with van der Waals surface area (Å²) in [5, 5.41) is 2.48. The fraction of sp³-hybridized carbons (Fsp3) is 0.400. The number of nitrogens with zero attached hydrogens (tertiary/aromatic N) is 1. The van der Waals surface area contributed by atoms with Crippen LogP contribution in [0, 0.1) is 11.5 Å². The number of carbonyl (C=O) groups excluding carboxylic acids is 1. The summed E-state index contributed by atoms with van der Waals surface area (Å²) in [6.07, 6.45) is 4.91. The Bertz CT molecular complexity index is 999. The first-order chi connectivity index (χ1) is 13.2. The number of unbranched alkanes of at least 4 members (excludes halogenated alkanes) is 1. The molecule has 0 N–H and O–H groups in total. The van der Waals surface area contributed by atoms with Gasteiger partial charge in [-0.25, -0.2) is 0 Å². The van der Waals surface area contributed by atoms with Gasteiger partial charge in [0.05, 0.1) is 0 Å². The van der Waals surface area contributed by atoms with Crippen LogP contribution in [0.25, 0.3) is 10.8 Å². The number of rotatable bonds is 4. The summed E-state index contributed by atoms with van der Waals surface area (Å²) in [5.74, 6) is 3.37. The van der Waals surface area contributed by atoms with Crippen molar-refractivity contribution in [1.82, 2.24) is 0 Å². The quantitative estimate of drug-likeness (QED) is 0.275. The monoisotopic (exact) mass is 389 g/mol. The first-order valence-electron chi connectivity index (χ1n) is 10.2. The van der Waals surface area contributed by atoms with Crippen LogP contribution in [0.3, 0.4) is 0 Å². The highest BCUT2D eigenvalue weighted by Crippen LogP contribution is 2.50. The van der Waals surface area contributed by atoms with Crippen LogP contribution in [0.5, 0.6) is 0 Å². The Labute approximate surface area is 170 Å². The van der Waals surface area contributed by atoms with Crippen LogP contribution >= 0.6 is 0 Å². The van der Waals surface area contributed by atoms with Gasteiger partial charge in [-0.05, 0) is 47.0 Å². The number of fused-ring (bicyclic) bond motifs is 3. The number of benzene rings is 2. The smallest absolute Gasteiger partial charge is 0.144 e. The molecule has 3 rings (SSSR count). The molecule has 2 aromatic rings. The zero-order chi connectivity index (χ0) is 20.5. The second-order valence-corrected chi connectivity index (χ2v) is 14.0. The predicted octanol–water partition coefficient (Wildman–Crippen LogP) is 6.05. The topological polar surface area (TPSA) is 20.3 Å². The molecular weight excluding hydrogens is 358 g/mol. The number of carbonyl (C=O) groups is 1. The van der Waals surface area contributed by atoms with Crippen LogP contribution in [0.2, 0.25) is 19.6 Å². The first kappa shape index (κ1) is 20.4. The summed E-state index contributed by atoms with van der Waals surface area (Å²) in [6.45, 7) is 14.4. The fourth-order valence-corrected chi connectivity index (χ4v) is 4.57. The van der Waals surface area contributed by atoms with E-state index in [1.165, 1.54) is 22.0 Å². The standard InChI is InChI=1S/C25H31NOSi/c1-7-8-15-26-22-12-10-20-18-19(14-17-28(4,5)6)9-11-21(20)24(22)25(2,3)23(26)13-16-27/h9-13,16,18H,7-8,15H2,1-6H3/b23-13-. The number of anilines is 1. The molecule has 0 atom stereocenters. The normalized spacial score (nSPS) is 16.8. The van der Waals surface area contributed by atoms with Crippen molar-refractivity contribution in [3.8, 4) is 11.5 Å². The van der Waals surface area contributed by atoms with Crippen molar-refractivity contribution in [2.24, 2.45) is 0 Å². The van der Waals surface area contributed by atoms with Crippen LogP contribution < -0.4 is 4.90 Å². The van der Waals surface area contributed by atoms with Gasteiger partial charge in [0.15, 0.2) is 0 Å². The molecule has 2 nitrogen and oxygen atoms in total. The Kier molecular flexibility index (Phi) is 5.54. The second kappa shape index (κ2) is 7.60. The van der Waals surface area contributed by atoms with Crippen molar-refractivity contribution in [3.63, 3.8) is 0 Å². The fourth-order valence-electron chi connectivity index (χ4n) is 4.05. The molecule has 0 radical (unpaired) electrons. The maximum atomic E-state index is 11.4. The number of aldehydes is 1. The third-order valence-electron chi connectivity index (χ3n) is 5.39. The van der Waals surface area contributed by atoms with Gasteiger partial charge in [0.25, 0.3) is 0 Å². The summed E-state index contributed by atoms with van der Waals surface area (Å²) in [5.41, 5.74) is 7.99. The number of allylic oxidation sites excluding steroid dienone is 2. The van der Waals surface area contributed by atoms with Crippen molar-refractivity contribution in [2.45, 2.75) is 58.7 Å². The van der Waals surface area contributed by atoms with Crippen LogP contribution in [0.15, 0.2) is 42.1 Å². The molecule has 3 heteroatoms.